The first kappa shape index (κ1) is 51.4. The Morgan fingerprint density at radius 1 is 0.714 bits per heavy atom. The average Bonchev–Trinajstić information content (AvgIpc) is 1.00. The van der Waals surface area contributed by atoms with Gasteiger partial charge in [-0.05, 0) is 0 Å². The van der Waals surface area contributed by atoms with E-state index in [9.17, 15) is 0 Å². The van der Waals surface area contributed by atoms with Gasteiger partial charge < -0.3 is 12.3 Å². The molecule has 6 N–H and O–H groups in total. The molecular formula is C2H10CaN2Na2+4. The largest absolute Gasteiger partial charge is 2.00 e. The third-order valence-corrected chi connectivity index (χ3v) is 0. The Balaban J connectivity index is -0.000000000500. The monoisotopic (exact) mass is 148 g/mol. The molecule has 0 saturated carbocycles. The summed E-state index contributed by atoms with van der Waals surface area (Å²) < 4.78 is 0. The van der Waals surface area contributed by atoms with E-state index in [1.807, 2.05) is 0 Å². The molecular weight excluding hydrogens is 138 g/mol. The van der Waals surface area contributed by atoms with Crippen LogP contribution >= 0.6 is 0 Å². The summed E-state index contributed by atoms with van der Waals surface area (Å²) in [4.78, 5) is 0. The van der Waals surface area contributed by atoms with Crippen molar-refractivity contribution < 1.29 is 59.1 Å². The Kier molecular flexibility index (Phi) is 482. The molecule has 28 valence electrons. The molecule has 0 atom stereocenters. The van der Waals surface area contributed by atoms with E-state index in [-0.39, 0.29) is 109 Å². The zero-order chi connectivity index (χ0) is 2.00. The molecule has 7 heavy (non-hydrogen) atoms. The Morgan fingerprint density at radius 2 is 0.714 bits per heavy atom. The molecule has 0 aromatic carbocycles. The third kappa shape index (κ3) is 50.1. The van der Waals surface area contributed by atoms with E-state index in [2.05, 4.69) is 13.2 Å². The minimum atomic E-state index is 0. The van der Waals surface area contributed by atoms with Gasteiger partial charge in [0.15, 0.2) is 0 Å². The predicted octanol–water partition coefficient (Wildman–Crippen LogP) is -5.25. The predicted molar refractivity (Wildman–Crippen MR) is 27.1 cm³/mol. The maximum atomic E-state index is 3.00. The van der Waals surface area contributed by atoms with Crippen LogP contribution in [0.2, 0.25) is 0 Å². The van der Waals surface area contributed by atoms with Gasteiger partial charge in [0.05, 0.1) is 0 Å². The molecule has 0 saturated heterocycles. The van der Waals surface area contributed by atoms with Gasteiger partial charge in [-0.3, -0.25) is 0 Å². The molecule has 2 nitrogen and oxygen atoms in total. The minimum Gasteiger partial charge on any atom is -0.344 e. The summed E-state index contributed by atoms with van der Waals surface area (Å²) in [5, 5.41) is 0. The van der Waals surface area contributed by atoms with E-state index < -0.39 is 0 Å². The first-order valence-corrected chi connectivity index (χ1v) is 0.500. The fourth-order valence-corrected chi connectivity index (χ4v) is 0. The zero-order valence-electron chi connectivity index (χ0n) is 5.54. The van der Waals surface area contributed by atoms with Crippen LogP contribution < -0.4 is 71.4 Å². The molecule has 0 heterocycles. The van der Waals surface area contributed by atoms with Crippen LogP contribution in [0.25, 0.3) is 0 Å². The normalized spacial score (nSPS) is 0.571. The number of hydrogen-bond donors (Lipinski definition) is 2. The fraction of sp³-hybridized carbons (Fsp3) is 0. The summed E-state index contributed by atoms with van der Waals surface area (Å²) in [6.45, 7) is 6.00. The van der Waals surface area contributed by atoms with Crippen LogP contribution in [0.5, 0.6) is 0 Å². The summed E-state index contributed by atoms with van der Waals surface area (Å²) in [6.07, 6.45) is 0. The average molecular weight is 148 g/mol. The smallest absolute Gasteiger partial charge is 0.344 e. The second-order valence-electron chi connectivity index (χ2n) is 0. The minimum absolute atomic E-state index is 0. The molecule has 0 spiro atoms. The molecule has 0 bridgehead atoms. The van der Waals surface area contributed by atoms with E-state index in [1.54, 1.807) is 0 Å². The van der Waals surface area contributed by atoms with Gasteiger partial charge in [0.1, 0.15) is 0 Å². The van der Waals surface area contributed by atoms with Crippen LogP contribution in [0.3, 0.4) is 0 Å². The molecule has 0 radical (unpaired) electrons. The van der Waals surface area contributed by atoms with Gasteiger partial charge in [-0.2, -0.15) is 0 Å². The van der Waals surface area contributed by atoms with E-state index in [0.29, 0.717) is 0 Å². The van der Waals surface area contributed by atoms with Gasteiger partial charge in [-0.1, -0.05) is 0 Å². The van der Waals surface area contributed by atoms with Gasteiger partial charge in [0.25, 0.3) is 0 Å². The SMILES string of the molecule is C=C.N.N.[Ca+2].[Na+].[Na+]. The molecule has 0 aromatic heterocycles. The molecule has 0 aliphatic heterocycles. The second-order valence-corrected chi connectivity index (χ2v) is 0. The van der Waals surface area contributed by atoms with Crippen molar-refractivity contribution >= 4 is 37.7 Å². The van der Waals surface area contributed by atoms with Crippen molar-refractivity contribution in [2.45, 2.75) is 0 Å². The summed E-state index contributed by atoms with van der Waals surface area (Å²) >= 11 is 0. The van der Waals surface area contributed by atoms with Crippen molar-refractivity contribution in [3.05, 3.63) is 13.2 Å². The van der Waals surface area contributed by atoms with Crippen molar-refractivity contribution in [2.24, 2.45) is 0 Å². The Hall–Kier alpha value is 2.92. The van der Waals surface area contributed by atoms with E-state index >= 15 is 0 Å². The Labute approximate surface area is 120 Å². The standard InChI is InChI=1S/C2H4.Ca.2H3N.2Na/c1-2;;;;;/h1-2H2;;2*1H3;;/q;+2;;;2*+1. The van der Waals surface area contributed by atoms with Crippen LogP contribution in [0.15, 0.2) is 13.2 Å². The van der Waals surface area contributed by atoms with Gasteiger partial charge in [0.2, 0.25) is 0 Å². The third-order valence-electron chi connectivity index (χ3n) is 0. The maximum Gasteiger partial charge on any atom is 2.00 e. The molecule has 0 unspecified atom stereocenters. The summed E-state index contributed by atoms with van der Waals surface area (Å²) in [5.74, 6) is 0. The first-order valence-electron chi connectivity index (χ1n) is 0.500. The molecule has 0 aromatic rings. The van der Waals surface area contributed by atoms with Crippen LogP contribution in [0.4, 0.5) is 0 Å². The quantitative estimate of drug-likeness (QED) is 0.266. The van der Waals surface area contributed by atoms with Crippen molar-refractivity contribution in [3.63, 3.8) is 0 Å². The maximum absolute atomic E-state index is 3.00. The molecule has 0 amide bonds. The topological polar surface area (TPSA) is 70.0 Å². The fourth-order valence-electron chi connectivity index (χ4n) is 0. The Bertz CT molecular complexity index is 13.7. The number of hydrogen-bond acceptors (Lipinski definition) is 2. The van der Waals surface area contributed by atoms with Crippen LogP contribution in [0.1, 0.15) is 0 Å². The van der Waals surface area contributed by atoms with Crippen molar-refractivity contribution in [2.75, 3.05) is 0 Å². The van der Waals surface area contributed by atoms with Crippen molar-refractivity contribution in [3.8, 4) is 0 Å². The number of rotatable bonds is 0. The zero-order valence-corrected chi connectivity index (χ0v) is 11.7. The summed E-state index contributed by atoms with van der Waals surface area (Å²) in [5.41, 5.74) is 0. The molecule has 0 aliphatic carbocycles. The molecule has 0 rings (SSSR count). The molecule has 0 aliphatic rings. The molecule has 0 fully saturated rings. The van der Waals surface area contributed by atoms with Gasteiger partial charge in [-0.25, -0.2) is 0 Å². The van der Waals surface area contributed by atoms with Crippen molar-refractivity contribution in [1.82, 2.24) is 12.3 Å². The van der Waals surface area contributed by atoms with Crippen LogP contribution in [-0.4, -0.2) is 37.7 Å². The van der Waals surface area contributed by atoms with Gasteiger partial charge in [-0.15, -0.1) is 13.2 Å². The van der Waals surface area contributed by atoms with Crippen LogP contribution in [0, 0.1) is 0 Å². The summed E-state index contributed by atoms with van der Waals surface area (Å²) in [7, 11) is 0. The second kappa shape index (κ2) is 65.6. The Morgan fingerprint density at radius 3 is 0.714 bits per heavy atom. The summed E-state index contributed by atoms with van der Waals surface area (Å²) in [6, 6.07) is 0. The van der Waals surface area contributed by atoms with E-state index in [4.69, 9.17) is 0 Å². The van der Waals surface area contributed by atoms with Gasteiger partial charge >= 0.3 is 96.9 Å². The first-order chi connectivity index (χ1) is 1.00. The molecule has 5 heteroatoms. The van der Waals surface area contributed by atoms with E-state index in [1.165, 1.54) is 0 Å². The van der Waals surface area contributed by atoms with E-state index in [0.717, 1.165) is 0 Å². The van der Waals surface area contributed by atoms with Gasteiger partial charge in [0, 0.05) is 0 Å². The van der Waals surface area contributed by atoms with Crippen LogP contribution in [-0.2, 0) is 0 Å². The van der Waals surface area contributed by atoms with Crippen molar-refractivity contribution in [1.29, 1.82) is 0 Å².